The molecular formula is C17H17N3O3. The van der Waals surface area contributed by atoms with Gasteiger partial charge in [-0.05, 0) is 43.7 Å². The van der Waals surface area contributed by atoms with E-state index in [9.17, 15) is 9.59 Å². The van der Waals surface area contributed by atoms with Crippen molar-refractivity contribution in [2.45, 2.75) is 13.8 Å². The molecule has 6 heteroatoms. The fourth-order valence-electron chi connectivity index (χ4n) is 2.37. The molecule has 0 bridgehead atoms. The lowest BCUT2D eigenvalue weighted by Gasteiger charge is -2.07. The molecule has 3 aromatic rings. The maximum absolute atomic E-state index is 12.4. The smallest absolute Gasteiger partial charge is 0.333 e. The molecule has 3 rings (SSSR count). The number of H-pyrrole nitrogens is 1. The van der Waals surface area contributed by atoms with Gasteiger partial charge >= 0.3 is 5.69 Å². The van der Waals surface area contributed by atoms with Gasteiger partial charge in [0.25, 0.3) is 5.91 Å². The Labute approximate surface area is 132 Å². The first kappa shape index (κ1) is 14.9. The largest absolute Gasteiger partial charge is 0.484 e. The third-order valence-corrected chi connectivity index (χ3v) is 3.70. The lowest BCUT2D eigenvalue weighted by atomic mass is 10.2. The van der Waals surface area contributed by atoms with Gasteiger partial charge in [0, 0.05) is 5.69 Å². The average molecular weight is 311 g/mol. The summed E-state index contributed by atoms with van der Waals surface area (Å²) in [5.74, 6) is 0.142. The minimum Gasteiger partial charge on any atom is -0.484 e. The summed E-state index contributed by atoms with van der Waals surface area (Å²) in [6, 6.07) is 10.7. The molecule has 0 radical (unpaired) electrons. The number of nitrogens with two attached hydrogens (primary N) is 1. The Morgan fingerprint density at radius 3 is 2.61 bits per heavy atom. The van der Waals surface area contributed by atoms with Gasteiger partial charge in [0.1, 0.15) is 5.75 Å². The molecule has 0 saturated heterocycles. The second kappa shape index (κ2) is 5.64. The molecule has 0 amide bonds. The molecule has 1 heterocycles. The zero-order valence-electron chi connectivity index (χ0n) is 12.9. The Morgan fingerprint density at radius 1 is 1.22 bits per heavy atom. The number of aromatic amines is 1. The second-order valence-corrected chi connectivity index (χ2v) is 5.49. The highest BCUT2D eigenvalue weighted by Crippen LogP contribution is 2.19. The molecule has 2 aromatic carbocycles. The number of carbonyl (C=O) groups excluding carboxylic acids is 1. The monoisotopic (exact) mass is 311 g/mol. The number of nitrogens with one attached hydrogen (secondary N) is 1. The summed E-state index contributed by atoms with van der Waals surface area (Å²) in [7, 11) is 0. The van der Waals surface area contributed by atoms with E-state index in [2.05, 4.69) is 4.98 Å². The number of benzene rings is 2. The van der Waals surface area contributed by atoms with Crippen LogP contribution < -0.4 is 16.2 Å². The van der Waals surface area contributed by atoms with E-state index in [1.807, 2.05) is 26.0 Å². The molecule has 23 heavy (non-hydrogen) atoms. The maximum atomic E-state index is 12.4. The number of aromatic nitrogens is 2. The first-order valence-corrected chi connectivity index (χ1v) is 7.19. The van der Waals surface area contributed by atoms with E-state index in [4.69, 9.17) is 10.5 Å². The Kier molecular flexibility index (Phi) is 3.65. The highest BCUT2D eigenvalue weighted by Gasteiger charge is 2.15. The van der Waals surface area contributed by atoms with Crippen LogP contribution in [-0.4, -0.2) is 22.1 Å². The lowest BCUT2D eigenvalue weighted by Crippen LogP contribution is -2.28. The van der Waals surface area contributed by atoms with Crippen molar-refractivity contribution in [1.82, 2.24) is 9.55 Å². The molecule has 0 atom stereocenters. The predicted octanol–water partition coefficient (Wildman–Crippen LogP) is 2.25. The standard InChI is InChI=1S/C17H17N3O3/c1-10-3-5-12(6-4-10)23-9-16(21)20-15-7-11(2)13(18)8-14(15)19-17(20)22/h3-8H,9,18H2,1-2H3,(H,19,22). The van der Waals surface area contributed by atoms with Gasteiger partial charge in [0.2, 0.25) is 0 Å². The first-order chi connectivity index (χ1) is 11.0. The lowest BCUT2D eigenvalue weighted by molar-refractivity contribution is 0.0839. The fraction of sp³-hybridized carbons (Fsp3) is 0.176. The van der Waals surface area contributed by atoms with Crippen molar-refractivity contribution in [2.75, 3.05) is 12.3 Å². The minimum absolute atomic E-state index is 0.223. The summed E-state index contributed by atoms with van der Waals surface area (Å²) >= 11 is 0. The van der Waals surface area contributed by atoms with Crippen molar-refractivity contribution in [3.05, 3.63) is 58.0 Å². The summed E-state index contributed by atoms with van der Waals surface area (Å²) in [6.45, 7) is 3.57. The van der Waals surface area contributed by atoms with Crippen molar-refractivity contribution >= 4 is 22.6 Å². The highest BCUT2D eigenvalue weighted by atomic mass is 16.5. The molecule has 0 unspecified atom stereocenters. The first-order valence-electron chi connectivity index (χ1n) is 7.19. The minimum atomic E-state index is -0.498. The number of carbonyl (C=O) groups is 1. The average Bonchev–Trinajstić information content (AvgIpc) is 2.82. The molecular weight excluding hydrogens is 294 g/mol. The van der Waals surface area contributed by atoms with Gasteiger partial charge in [-0.2, -0.15) is 0 Å². The number of anilines is 1. The summed E-state index contributed by atoms with van der Waals surface area (Å²) in [4.78, 5) is 27.0. The second-order valence-electron chi connectivity index (χ2n) is 5.49. The number of imidazole rings is 1. The summed E-state index contributed by atoms with van der Waals surface area (Å²) in [5, 5.41) is 0. The van der Waals surface area contributed by atoms with E-state index in [1.165, 1.54) is 0 Å². The number of hydrogen-bond donors (Lipinski definition) is 2. The summed E-state index contributed by atoms with van der Waals surface area (Å²) < 4.78 is 6.54. The van der Waals surface area contributed by atoms with E-state index < -0.39 is 11.6 Å². The number of nitrogen functional groups attached to an aromatic ring is 1. The third kappa shape index (κ3) is 2.83. The van der Waals surface area contributed by atoms with Crippen molar-refractivity contribution in [2.24, 2.45) is 0 Å². The van der Waals surface area contributed by atoms with Gasteiger partial charge in [-0.1, -0.05) is 17.7 Å². The molecule has 0 fully saturated rings. The molecule has 6 nitrogen and oxygen atoms in total. The molecule has 0 spiro atoms. The van der Waals surface area contributed by atoms with Crippen LogP contribution in [0.25, 0.3) is 11.0 Å². The molecule has 0 saturated carbocycles. The van der Waals surface area contributed by atoms with Crippen LogP contribution in [0.15, 0.2) is 41.2 Å². The van der Waals surface area contributed by atoms with Crippen LogP contribution in [0.3, 0.4) is 0 Å². The molecule has 1 aromatic heterocycles. The topological polar surface area (TPSA) is 90.1 Å². The van der Waals surface area contributed by atoms with Gasteiger partial charge in [-0.3, -0.25) is 4.79 Å². The van der Waals surface area contributed by atoms with Crippen LogP contribution in [0, 0.1) is 13.8 Å². The van der Waals surface area contributed by atoms with Crippen LogP contribution >= 0.6 is 0 Å². The van der Waals surface area contributed by atoms with E-state index in [-0.39, 0.29) is 6.61 Å². The van der Waals surface area contributed by atoms with E-state index in [0.29, 0.717) is 22.5 Å². The van der Waals surface area contributed by atoms with Crippen LogP contribution in [0.4, 0.5) is 5.69 Å². The van der Waals surface area contributed by atoms with Crippen LogP contribution in [0.2, 0.25) is 0 Å². The molecule has 118 valence electrons. The van der Waals surface area contributed by atoms with Gasteiger partial charge in [-0.25, -0.2) is 9.36 Å². The SMILES string of the molecule is Cc1ccc(OCC(=O)n2c(=O)[nH]c3cc(N)c(C)cc32)cc1. The number of rotatable bonds is 3. The van der Waals surface area contributed by atoms with Crippen molar-refractivity contribution in [3.63, 3.8) is 0 Å². The summed E-state index contributed by atoms with van der Waals surface area (Å²) in [5.41, 5.74) is 8.83. The Morgan fingerprint density at radius 2 is 1.91 bits per heavy atom. The van der Waals surface area contributed by atoms with Crippen molar-refractivity contribution in [1.29, 1.82) is 0 Å². The number of hydrogen-bond acceptors (Lipinski definition) is 4. The highest BCUT2D eigenvalue weighted by molar-refractivity contribution is 5.92. The van der Waals surface area contributed by atoms with Gasteiger partial charge in [0.15, 0.2) is 6.61 Å². The zero-order chi connectivity index (χ0) is 16.6. The fourth-order valence-corrected chi connectivity index (χ4v) is 2.37. The molecule has 0 aliphatic rings. The number of nitrogens with zero attached hydrogens (tertiary/aromatic N) is 1. The molecule has 3 N–H and O–H groups in total. The van der Waals surface area contributed by atoms with Crippen molar-refractivity contribution < 1.29 is 9.53 Å². The number of aryl methyl sites for hydroxylation is 2. The van der Waals surface area contributed by atoms with Crippen molar-refractivity contribution in [3.8, 4) is 5.75 Å². The number of fused-ring (bicyclic) bond motifs is 1. The maximum Gasteiger partial charge on any atom is 0.333 e. The Balaban J connectivity index is 1.88. The van der Waals surface area contributed by atoms with Gasteiger partial charge in [-0.15, -0.1) is 0 Å². The zero-order valence-corrected chi connectivity index (χ0v) is 12.9. The van der Waals surface area contributed by atoms with E-state index >= 15 is 0 Å². The van der Waals surface area contributed by atoms with Crippen LogP contribution in [0.1, 0.15) is 15.9 Å². The Hall–Kier alpha value is -3.02. The molecule has 0 aliphatic carbocycles. The predicted molar refractivity (Wildman–Crippen MR) is 89.0 cm³/mol. The van der Waals surface area contributed by atoms with Gasteiger partial charge < -0.3 is 15.5 Å². The van der Waals surface area contributed by atoms with E-state index in [1.54, 1.807) is 24.3 Å². The summed E-state index contributed by atoms with van der Waals surface area (Å²) in [6.07, 6.45) is 0. The number of ether oxygens (including phenoxy) is 1. The van der Waals surface area contributed by atoms with E-state index in [0.717, 1.165) is 15.7 Å². The van der Waals surface area contributed by atoms with Gasteiger partial charge in [0.05, 0.1) is 11.0 Å². The Bertz CT molecular complexity index is 936. The third-order valence-electron chi connectivity index (χ3n) is 3.70. The normalized spacial score (nSPS) is 10.9. The molecule has 0 aliphatic heterocycles. The quantitative estimate of drug-likeness (QED) is 0.726. The van der Waals surface area contributed by atoms with Crippen LogP contribution in [-0.2, 0) is 0 Å². The van der Waals surface area contributed by atoms with Crippen LogP contribution in [0.5, 0.6) is 5.75 Å².